The summed E-state index contributed by atoms with van der Waals surface area (Å²) in [6.45, 7) is 1.77. The third kappa shape index (κ3) is 6.70. The van der Waals surface area contributed by atoms with Crippen molar-refractivity contribution in [1.82, 2.24) is 26.1 Å². The van der Waals surface area contributed by atoms with Crippen molar-refractivity contribution in [2.45, 2.75) is 69.6 Å². The van der Waals surface area contributed by atoms with Crippen molar-refractivity contribution in [3.8, 4) is 0 Å². The molecule has 2 heterocycles. The Labute approximate surface area is 272 Å². The van der Waals surface area contributed by atoms with Crippen molar-refractivity contribution >= 4 is 28.8 Å². The van der Waals surface area contributed by atoms with Gasteiger partial charge in [-0.1, -0.05) is 48.5 Å². The Bertz CT molecular complexity index is 1780. The molecular weight excluding hydrogens is 598 g/mol. The highest BCUT2D eigenvalue weighted by molar-refractivity contribution is 5.91. The number of para-hydroxylation sites is 1. The van der Waals surface area contributed by atoms with E-state index >= 15 is 0 Å². The van der Waals surface area contributed by atoms with Gasteiger partial charge in [0.05, 0.1) is 12.5 Å². The number of aromatic amines is 2. The van der Waals surface area contributed by atoms with Crippen molar-refractivity contribution in [3.63, 3.8) is 0 Å². The zero-order valence-corrected chi connectivity index (χ0v) is 26.4. The third-order valence-electron chi connectivity index (χ3n) is 10.4. The summed E-state index contributed by atoms with van der Waals surface area (Å²) in [5, 5.41) is 12.1. The third-order valence-corrected chi connectivity index (χ3v) is 10.4. The molecule has 4 aromatic rings. The molecule has 2 atom stereocenters. The van der Waals surface area contributed by atoms with E-state index in [1.807, 2.05) is 60.8 Å². The molecule has 5 N–H and O–H groups in total. The van der Waals surface area contributed by atoms with Crippen LogP contribution in [0, 0.1) is 23.7 Å². The number of H-pyrrole nitrogens is 2. The van der Waals surface area contributed by atoms with Gasteiger partial charge in [0.2, 0.25) is 11.8 Å². The van der Waals surface area contributed by atoms with Gasteiger partial charge < -0.3 is 30.2 Å². The van der Waals surface area contributed by atoms with Crippen molar-refractivity contribution in [2.75, 3.05) is 6.54 Å². The first-order valence-electron chi connectivity index (χ1n) is 16.6. The van der Waals surface area contributed by atoms with Crippen LogP contribution in [0.25, 0.3) is 10.9 Å². The SMILES string of the molecule is C[C@@](Cc1c[nH]c2ccccc12)(NC(=O)OC1C2CC3CC(C2)CC1C3)C(=O)NC[C@@H](NC(=O)Cc1cc(=O)[nH]o1)c1ccccc1. The number of rotatable bonds is 11. The Balaban J connectivity index is 1.08. The van der Waals surface area contributed by atoms with E-state index in [9.17, 15) is 19.2 Å². The second-order valence-corrected chi connectivity index (χ2v) is 13.9. The fourth-order valence-electron chi connectivity index (χ4n) is 8.43. The van der Waals surface area contributed by atoms with Crippen LogP contribution in [-0.4, -0.2) is 46.2 Å². The summed E-state index contributed by atoms with van der Waals surface area (Å²) >= 11 is 0. The molecule has 0 saturated heterocycles. The van der Waals surface area contributed by atoms with E-state index in [0.29, 0.717) is 11.8 Å². The highest BCUT2D eigenvalue weighted by Gasteiger charge is 2.50. The molecule has 3 amide bonds. The molecule has 4 aliphatic rings. The second kappa shape index (κ2) is 12.8. The predicted octanol–water partition coefficient (Wildman–Crippen LogP) is 4.52. The number of nitrogens with one attached hydrogen (secondary N) is 5. The Kier molecular flexibility index (Phi) is 8.38. The smallest absolute Gasteiger partial charge is 0.408 e. The zero-order chi connectivity index (χ0) is 32.5. The van der Waals surface area contributed by atoms with Crippen LogP contribution in [0.2, 0.25) is 0 Å². The second-order valence-electron chi connectivity index (χ2n) is 13.9. The van der Waals surface area contributed by atoms with E-state index in [1.165, 1.54) is 12.5 Å². The predicted molar refractivity (Wildman–Crippen MR) is 174 cm³/mol. The van der Waals surface area contributed by atoms with Crippen LogP contribution in [0.5, 0.6) is 0 Å². The summed E-state index contributed by atoms with van der Waals surface area (Å²) < 4.78 is 11.2. The van der Waals surface area contributed by atoms with Crippen LogP contribution >= 0.6 is 0 Å². The average molecular weight is 640 g/mol. The summed E-state index contributed by atoms with van der Waals surface area (Å²) in [4.78, 5) is 55.4. The molecule has 0 spiro atoms. The Morgan fingerprint density at radius 3 is 2.38 bits per heavy atom. The van der Waals surface area contributed by atoms with Crippen molar-refractivity contribution in [3.05, 3.63) is 94.1 Å². The topological polar surface area (TPSA) is 158 Å². The van der Waals surface area contributed by atoms with E-state index in [2.05, 4.69) is 26.1 Å². The van der Waals surface area contributed by atoms with Gasteiger partial charge in [-0.2, -0.15) is 5.16 Å². The number of aromatic nitrogens is 2. The Morgan fingerprint density at radius 1 is 0.979 bits per heavy atom. The lowest BCUT2D eigenvalue weighted by atomic mass is 9.55. The summed E-state index contributed by atoms with van der Waals surface area (Å²) in [7, 11) is 0. The summed E-state index contributed by atoms with van der Waals surface area (Å²) in [6, 6.07) is 17.8. The lowest BCUT2D eigenvalue weighted by Crippen LogP contribution is -2.60. The molecular formula is C36H41N5O6. The Hall–Kier alpha value is -4.80. The van der Waals surface area contributed by atoms with Gasteiger partial charge >= 0.3 is 6.09 Å². The van der Waals surface area contributed by atoms with Crippen molar-refractivity contribution < 1.29 is 23.6 Å². The number of amides is 3. The molecule has 0 unspecified atom stereocenters. The molecule has 4 aliphatic carbocycles. The van der Waals surface area contributed by atoms with Gasteiger partial charge in [0.25, 0.3) is 5.56 Å². The molecule has 2 aromatic heterocycles. The number of carbonyl (C=O) groups excluding carboxylic acids is 3. The summed E-state index contributed by atoms with van der Waals surface area (Å²) in [5.41, 5.74) is 0.807. The van der Waals surface area contributed by atoms with Crippen LogP contribution in [0.1, 0.15) is 62.0 Å². The molecule has 4 fully saturated rings. The molecule has 47 heavy (non-hydrogen) atoms. The van der Waals surface area contributed by atoms with E-state index in [0.717, 1.165) is 59.5 Å². The zero-order valence-electron chi connectivity index (χ0n) is 26.4. The van der Waals surface area contributed by atoms with E-state index in [-0.39, 0.29) is 37.2 Å². The number of benzene rings is 2. The number of alkyl carbamates (subject to hydrolysis) is 1. The highest BCUT2D eigenvalue weighted by atomic mass is 16.6. The molecule has 2 aromatic carbocycles. The van der Waals surface area contributed by atoms with Crippen molar-refractivity contribution in [1.29, 1.82) is 0 Å². The van der Waals surface area contributed by atoms with Gasteiger partial charge in [0, 0.05) is 36.1 Å². The van der Waals surface area contributed by atoms with Crippen LogP contribution in [-0.2, 0) is 27.2 Å². The van der Waals surface area contributed by atoms with Gasteiger partial charge in [-0.15, -0.1) is 0 Å². The van der Waals surface area contributed by atoms with Crippen LogP contribution < -0.4 is 21.5 Å². The molecule has 246 valence electrons. The number of ether oxygens (including phenoxy) is 1. The minimum absolute atomic E-state index is 0.0570. The minimum Gasteiger partial charge on any atom is -0.446 e. The maximum atomic E-state index is 14.2. The lowest BCUT2D eigenvalue weighted by Gasteiger charge is -2.53. The fourth-order valence-corrected chi connectivity index (χ4v) is 8.43. The van der Waals surface area contributed by atoms with E-state index in [1.54, 1.807) is 6.92 Å². The number of hydrogen-bond acceptors (Lipinski definition) is 6. The highest BCUT2D eigenvalue weighted by Crippen LogP contribution is 2.54. The normalized spacial score (nSPS) is 24.7. The molecule has 11 nitrogen and oxygen atoms in total. The van der Waals surface area contributed by atoms with Crippen LogP contribution in [0.3, 0.4) is 0 Å². The largest absolute Gasteiger partial charge is 0.446 e. The first kappa shape index (κ1) is 30.8. The number of hydrogen-bond donors (Lipinski definition) is 5. The maximum Gasteiger partial charge on any atom is 0.408 e. The minimum atomic E-state index is -1.37. The maximum absolute atomic E-state index is 14.2. The number of carbonyl (C=O) groups is 3. The standard InChI is InChI=1S/C36H41N5O6/c1-36(18-26-19-37-29-10-6-5-9-28(26)29,40-35(45)46-33-24-12-21-11-22(14-24)15-25(33)13-21)34(44)38-20-30(23-7-3-2-4-8-23)39-31(42)16-27-17-32(43)41-47-27/h2-10,17,19,21-22,24-25,30,33,37H,11-16,18,20H2,1H3,(H,38,44)(H,39,42)(H,40,45)(H,41,43)/t21?,22?,24?,25?,30-,33?,36+/m1/s1. The average Bonchev–Trinajstić information content (AvgIpc) is 3.65. The molecule has 0 radical (unpaired) electrons. The van der Waals surface area contributed by atoms with Crippen LogP contribution in [0.4, 0.5) is 4.79 Å². The molecule has 0 aliphatic heterocycles. The van der Waals surface area contributed by atoms with Crippen LogP contribution in [0.15, 0.2) is 76.2 Å². The van der Waals surface area contributed by atoms with Gasteiger partial charge in [-0.05, 0) is 79.9 Å². The van der Waals surface area contributed by atoms with Crippen molar-refractivity contribution in [2.24, 2.45) is 23.7 Å². The Morgan fingerprint density at radius 2 is 1.68 bits per heavy atom. The fraction of sp³-hybridized carbons (Fsp3) is 0.444. The van der Waals surface area contributed by atoms with Gasteiger partial charge in [-0.3, -0.25) is 14.4 Å². The molecule has 11 heteroatoms. The summed E-state index contributed by atoms with van der Waals surface area (Å²) in [6.07, 6.45) is 6.99. The first-order valence-corrected chi connectivity index (χ1v) is 16.6. The monoisotopic (exact) mass is 639 g/mol. The van der Waals surface area contributed by atoms with E-state index < -0.39 is 29.1 Å². The lowest BCUT2D eigenvalue weighted by molar-refractivity contribution is -0.128. The summed E-state index contributed by atoms with van der Waals surface area (Å²) in [5.74, 6) is 1.69. The van der Waals surface area contributed by atoms with E-state index in [4.69, 9.17) is 9.26 Å². The van der Waals surface area contributed by atoms with Gasteiger partial charge in [0.1, 0.15) is 17.4 Å². The molecule has 8 rings (SSSR count). The number of fused-ring (bicyclic) bond motifs is 1. The van der Waals surface area contributed by atoms with Gasteiger partial charge in [-0.25, -0.2) is 4.79 Å². The quantitative estimate of drug-likeness (QED) is 0.162. The molecule has 4 saturated carbocycles. The van der Waals surface area contributed by atoms with Gasteiger partial charge in [0.15, 0.2) is 0 Å². The first-order chi connectivity index (χ1) is 22.7. The molecule has 4 bridgehead atoms.